The van der Waals surface area contributed by atoms with Crippen molar-refractivity contribution in [3.8, 4) is 11.1 Å². The summed E-state index contributed by atoms with van der Waals surface area (Å²) in [5, 5.41) is 2.72. The van der Waals surface area contributed by atoms with E-state index < -0.39 is 52.7 Å². The Labute approximate surface area is 223 Å². The largest absolute Gasteiger partial charge is 0.463 e. The van der Waals surface area contributed by atoms with Crippen LogP contribution in [0.15, 0.2) is 59.2 Å². The van der Waals surface area contributed by atoms with Crippen molar-refractivity contribution in [2.24, 2.45) is 5.92 Å². The molecule has 40 heavy (non-hydrogen) atoms. The van der Waals surface area contributed by atoms with Crippen molar-refractivity contribution in [1.29, 1.82) is 0 Å². The Kier molecular flexibility index (Phi) is 7.94. The van der Waals surface area contributed by atoms with E-state index in [0.29, 0.717) is 41.8 Å². The number of alkyl halides is 6. The molecule has 212 valence electrons. The second-order valence-corrected chi connectivity index (χ2v) is 9.15. The molecule has 1 aliphatic rings. The molecule has 1 atom stereocenters. The Morgan fingerprint density at radius 1 is 0.950 bits per heavy atom. The van der Waals surface area contributed by atoms with E-state index in [-0.39, 0.29) is 24.9 Å². The van der Waals surface area contributed by atoms with Gasteiger partial charge in [0.2, 0.25) is 11.7 Å². The number of esters is 1. The summed E-state index contributed by atoms with van der Waals surface area (Å²) in [5.74, 6) is -2.93. The van der Waals surface area contributed by atoms with Gasteiger partial charge in [-0.05, 0) is 54.8 Å². The van der Waals surface area contributed by atoms with E-state index in [4.69, 9.17) is 4.42 Å². The third-order valence-electron chi connectivity index (χ3n) is 6.36. The number of halogens is 6. The molecule has 2 aromatic carbocycles. The lowest BCUT2D eigenvalue weighted by Crippen LogP contribution is -2.43. The van der Waals surface area contributed by atoms with Crippen LogP contribution in [0.1, 0.15) is 44.9 Å². The molecule has 1 saturated heterocycles. The van der Waals surface area contributed by atoms with Gasteiger partial charge < -0.3 is 19.4 Å². The van der Waals surface area contributed by atoms with Crippen LogP contribution in [0.3, 0.4) is 0 Å². The number of anilines is 1. The SMILES string of the molecule is COC(=O)c1cc(-c2cccc(NC(=O)C3CCCN(C(=O)c4cc(C(F)(F)F)cc(C(F)(F)F)c4)C3)c2)co1. The molecule has 0 bridgehead atoms. The van der Waals surface area contributed by atoms with Crippen LogP contribution in [0, 0.1) is 5.92 Å². The third-order valence-corrected chi connectivity index (χ3v) is 6.36. The molecule has 0 spiro atoms. The molecule has 2 heterocycles. The molecular formula is C27H22F6N2O5. The molecule has 1 N–H and O–H groups in total. The van der Waals surface area contributed by atoms with Crippen molar-refractivity contribution in [3.05, 3.63) is 77.2 Å². The molecule has 1 aromatic heterocycles. The standard InChI is InChI=1S/C27H22F6N2O5/c1-39-25(38)22-11-18(14-40-22)15-4-2-6-21(10-15)34-23(36)16-5-3-7-35(13-16)24(37)17-8-19(26(28,29)30)12-20(9-17)27(31,32)33/h2,4,6,8-12,14,16H,3,5,7,13H2,1H3,(H,34,36). The molecule has 0 aliphatic carbocycles. The maximum absolute atomic E-state index is 13.2. The summed E-state index contributed by atoms with van der Waals surface area (Å²) >= 11 is 0. The van der Waals surface area contributed by atoms with Crippen molar-refractivity contribution < 1.29 is 49.9 Å². The van der Waals surface area contributed by atoms with Crippen molar-refractivity contribution >= 4 is 23.5 Å². The average molecular weight is 568 g/mol. The summed E-state index contributed by atoms with van der Waals surface area (Å²) in [6, 6.07) is 8.78. The van der Waals surface area contributed by atoms with Crippen molar-refractivity contribution in [1.82, 2.24) is 4.90 Å². The van der Waals surface area contributed by atoms with E-state index in [2.05, 4.69) is 10.1 Å². The van der Waals surface area contributed by atoms with Crippen LogP contribution < -0.4 is 5.32 Å². The van der Waals surface area contributed by atoms with E-state index in [1.165, 1.54) is 19.4 Å². The molecule has 0 saturated carbocycles. The van der Waals surface area contributed by atoms with Gasteiger partial charge in [0.05, 0.1) is 30.4 Å². The van der Waals surface area contributed by atoms with Crippen molar-refractivity contribution in [2.75, 3.05) is 25.5 Å². The lowest BCUT2D eigenvalue weighted by molar-refractivity contribution is -0.143. The van der Waals surface area contributed by atoms with Crippen LogP contribution in [0.2, 0.25) is 0 Å². The minimum atomic E-state index is -5.09. The molecule has 4 rings (SSSR count). The number of rotatable bonds is 5. The number of benzene rings is 2. The van der Waals surface area contributed by atoms with Crippen molar-refractivity contribution in [3.63, 3.8) is 0 Å². The minimum Gasteiger partial charge on any atom is -0.463 e. The van der Waals surface area contributed by atoms with Crippen LogP contribution in [0.4, 0.5) is 32.0 Å². The zero-order chi connectivity index (χ0) is 29.2. The van der Waals surface area contributed by atoms with E-state index in [1.807, 2.05) is 0 Å². The fourth-order valence-electron chi connectivity index (χ4n) is 4.35. The number of hydrogen-bond donors (Lipinski definition) is 1. The molecule has 0 radical (unpaired) electrons. The fourth-order valence-corrected chi connectivity index (χ4v) is 4.35. The smallest absolute Gasteiger partial charge is 0.416 e. The summed E-state index contributed by atoms with van der Waals surface area (Å²) in [5.41, 5.74) is -2.39. The zero-order valence-electron chi connectivity index (χ0n) is 20.9. The van der Waals surface area contributed by atoms with Gasteiger partial charge in [-0.3, -0.25) is 9.59 Å². The minimum absolute atomic E-state index is 0.0120. The Bertz CT molecular complexity index is 1400. The van der Waals surface area contributed by atoms with Crippen LogP contribution in [-0.4, -0.2) is 42.9 Å². The number of carbonyl (C=O) groups is 3. The summed E-state index contributed by atoms with van der Waals surface area (Å²) in [6.45, 7) is -0.120. The van der Waals surface area contributed by atoms with Gasteiger partial charge in [0, 0.05) is 29.9 Å². The van der Waals surface area contributed by atoms with Crippen LogP contribution in [0.5, 0.6) is 0 Å². The van der Waals surface area contributed by atoms with Gasteiger partial charge in [0.1, 0.15) is 0 Å². The lowest BCUT2D eigenvalue weighted by Gasteiger charge is -2.32. The van der Waals surface area contributed by atoms with E-state index in [1.54, 1.807) is 24.3 Å². The molecule has 13 heteroatoms. The zero-order valence-corrected chi connectivity index (χ0v) is 20.9. The Balaban J connectivity index is 1.48. The van der Waals surface area contributed by atoms with Gasteiger partial charge in [-0.1, -0.05) is 12.1 Å². The van der Waals surface area contributed by atoms with E-state index >= 15 is 0 Å². The molecule has 1 aliphatic heterocycles. The second kappa shape index (κ2) is 11.1. The normalized spacial score (nSPS) is 16.0. The lowest BCUT2D eigenvalue weighted by atomic mass is 9.95. The highest BCUT2D eigenvalue weighted by molar-refractivity contribution is 5.97. The first kappa shape index (κ1) is 28.7. The Morgan fingerprint density at radius 2 is 1.62 bits per heavy atom. The molecule has 3 aromatic rings. The van der Waals surface area contributed by atoms with Gasteiger partial charge in [-0.15, -0.1) is 0 Å². The van der Waals surface area contributed by atoms with Gasteiger partial charge in [0.25, 0.3) is 5.91 Å². The quantitative estimate of drug-likeness (QED) is 0.290. The number of furan rings is 1. The van der Waals surface area contributed by atoms with E-state index in [9.17, 15) is 40.7 Å². The first-order chi connectivity index (χ1) is 18.8. The first-order valence-electron chi connectivity index (χ1n) is 11.9. The molecular weight excluding hydrogens is 546 g/mol. The van der Waals surface area contributed by atoms with Gasteiger partial charge >= 0.3 is 18.3 Å². The number of carbonyl (C=O) groups excluding carboxylic acids is 3. The number of piperidine rings is 1. The Morgan fingerprint density at radius 3 is 2.25 bits per heavy atom. The predicted molar refractivity (Wildman–Crippen MR) is 129 cm³/mol. The van der Waals surface area contributed by atoms with E-state index in [0.717, 1.165) is 4.90 Å². The highest BCUT2D eigenvalue weighted by Gasteiger charge is 2.38. The van der Waals surface area contributed by atoms with Crippen LogP contribution in [-0.2, 0) is 21.9 Å². The molecule has 1 unspecified atom stereocenters. The molecule has 1 fully saturated rings. The van der Waals surface area contributed by atoms with Crippen LogP contribution >= 0.6 is 0 Å². The number of methoxy groups -OCH3 is 1. The fraction of sp³-hybridized carbons (Fsp3) is 0.296. The average Bonchev–Trinajstić information content (AvgIpc) is 3.42. The number of nitrogens with zero attached hydrogens (tertiary/aromatic N) is 1. The first-order valence-corrected chi connectivity index (χ1v) is 11.9. The number of likely N-dealkylation sites (tertiary alicyclic amines) is 1. The maximum atomic E-state index is 13.2. The summed E-state index contributed by atoms with van der Waals surface area (Å²) in [7, 11) is 1.21. The number of amides is 2. The van der Waals surface area contributed by atoms with Crippen molar-refractivity contribution in [2.45, 2.75) is 25.2 Å². The number of hydrogen-bond acceptors (Lipinski definition) is 5. The summed E-state index contributed by atoms with van der Waals surface area (Å²) in [6.07, 6.45) is -8.16. The second-order valence-electron chi connectivity index (χ2n) is 9.15. The molecule has 7 nitrogen and oxygen atoms in total. The predicted octanol–water partition coefficient (Wildman–Crippen LogP) is 6.26. The monoisotopic (exact) mass is 568 g/mol. The van der Waals surface area contributed by atoms with Crippen LogP contribution in [0.25, 0.3) is 11.1 Å². The van der Waals surface area contributed by atoms with Gasteiger partial charge in [-0.2, -0.15) is 26.3 Å². The summed E-state index contributed by atoms with van der Waals surface area (Å²) < 4.78 is 89.2. The van der Waals surface area contributed by atoms with Gasteiger partial charge in [-0.25, -0.2) is 4.79 Å². The number of nitrogens with one attached hydrogen (secondary N) is 1. The highest BCUT2D eigenvalue weighted by atomic mass is 19.4. The molecule has 2 amide bonds. The summed E-state index contributed by atoms with van der Waals surface area (Å²) in [4.78, 5) is 38.7. The number of ether oxygens (including phenoxy) is 1. The highest BCUT2D eigenvalue weighted by Crippen LogP contribution is 2.37. The Hall–Kier alpha value is -4.29. The topological polar surface area (TPSA) is 88.9 Å². The third kappa shape index (κ3) is 6.46. The van der Waals surface area contributed by atoms with Gasteiger partial charge in [0.15, 0.2) is 0 Å². The maximum Gasteiger partial charge on any atom is 0.416 e.